The fourth-order valence-corrected chi connectivity index (χ4v) is 1.91. The highest BCUT2D eigenvalue weighted by atomic mass is 79.9. The molecule has 1 aromatic rings. The van der Waals surface area contributed by atoms with Crippen molar-refractivity contribution in [3.63, 3.8) is 0 Å². The SMILES string of the molecule is CCCC[C@H](N)c1ccc(Br)cc1OC.Cl. The van der Waals surface area contributed by atoms with E-state index in [-0.39, 0.29) is 18.4 Å². The minimum Gasteiger partial charge on any atom is -0.496 e. The van der Waals surface area contributed by atoms with E-state index in [1.807, 2.05) is 18.2 Å². The predicted octanol–water partition coefficient (Wildman–Crippen LogP) is 4.07. The summed E-state index contributed by atoms with van der Waals surface area (Å²) in [5.74, 6) is 0.868. The summed E-state index contributed by atoms with van der Waals surface area (Å²) in [6, 6.07) is 6.07. The maximum absolute atomic E-state index is 6.11. The Balaban J connectivity index is 0.00000225. The second-order valence-corrected chi connectivity index (χ2v) is 4.55. The topological polar surface area (TPSA) is 35.2 Å². The number of unbranched alkanes of at least 4 members (excludes halogenated alkanes) is 1. The van der Waals surface area contributed by atoms with Gasteiger partial charge in [-0.2, -0.15) is 0 Å². The number of hydrogen-bond donors (Lipinski definition) is 1. The number of ether oxygens (including phenoxy) is 1. The molecule has 0 amide bonds. The molecule has 1 rings (SSSR count). The van der Waals surface area contributed by atoms with Gasteiger partial charge in [-0.05, 0) is 18.6 Å². The van der Waals surface area contributed by atoms with E-state index in [0.717, 1.165) is 28.6 Å². The standard InChI is InChI=1S/C12H18BrNO.ClH/c1-3-4-5-11(14)10-7-6-9(13)8-12(10)15-2;/h6-8,11H,3-5,14H2,1-2H3;1H/t11-;/m0./s1. The lowest BCUT2D eigenvalue weighted by Crippen LogP contribution is -2.11. The molecular formula is C12H19BrClNO. The van der Waals surface area contributed by atoms with Gasteiger partial charge in [0.15, 0.2) is 0 Å². The molecular weight excluding hydrogens is 289 g/mol. The average molecular weight is 309 g/mol. The summed E-state index contributed by atoms with van der Waals surface area (Å²) in [6.45, 7) is 2.17. The van der Waals surface area contributed by atoms with Gasteiger partial charge in [0, 0.05) is 16.1 Å². The number of halogens is 2. The highest BCUT2D eigenvalue weighted by Crippen LogP contribution is 2.29. The molecule has 1 atom stereocenters. The Labute approximate surface area is 112 Å². The van der Waals surface area contributed by atoms with Crippen LogP contribution in [0.4, 0.5) is 0 Å². The van der Waals surface area contributed by atoms with Crippen LogP contribution in [-0.4, -0.2) is 7.11 Å². The number of benzene rings is 1. The molecule has 0 aliphatic carbocycles. The van der Waals surface area contributed by atoms with Crippen molar-refractivity contribution >= 4 is 28.3 Å². The third kappa shape index (κ3) is 4.32. The highest BCUT2D eigenvalue weighted by Gasteiger charge is 2.11. The van der Waals surface area contributed by atoms with Crippen molar-refractivity contribution in [3.8, 4) is 5.75 Å². The number of nitrogens with two attached hydrogens (primary N) is 1. The second kappa shape index (κ2) is 7.93. The Kier molecular flexibility index (Phi) is 7.81. The van der Waals surface area contributed by atoms with Gasteiger partial charge in [-0.25, -0.2) is 0 Å². The van der Waals surface area contributed by atoms with Gasteiger partial charge in [-0.1, -0.05) is 41.8 Å². The van der Waals surface area contributed by atoms with Crippen molar-refractivity contribution in [3.05, 3.63) is 28.2 Å². The first-order valence-electron chi connectivity index (χ1n) is 5.28. The first-order valence-corrected chi connectivity index (χ1v) is 6.07. The summed E-state index contributed by atoms with van der Waals surface area (Å²) >= 11 is 3.42. The molecule has 0 spiro atoms. The Bertz CT molecular complexity index is 320. The molecule has 0 aliphatic heterocycles. The summed E-state index contributed by atoms with van der Waals surface area (Å²) < 4.78 is 6.34. The molecule has 0 radical (unpaired) electrons. The van der Waals surface area contributed by atoms with Crippen LogP contribution in [0.1, 0.15) is 37.8 Å². The van der Waals surface area contributed by atoms with E-state index >= 15 is 0 Å². The van der Waals surface area contributed by atoms with Crippen LogP contribution in [0.15, 0.2) is 22.7 Å². The first kappa shape index (κ1) is 15.8. The number of rotatable bonds is 5. The van der Waals surface area contributed by atoms with E-state index in [9.17, 15) is 0 Å². The van der Waals surface area contributed by atoms with Crippen molar-refractivity contribution in [1.82, 2.24) is 0 Å². The summed E-state index contributed by atoms with van der Waals surface area (Å²) in [7, 11) is 1.68. The fraction of sp³-hybridized carbons (Fsp3) is 0.500. The van der Waals surface area contributed by atoms with E-state index in [4.69, 9.17) is 10.5 Å². The molecule has 0 saturated heterocycles. The van der Waals surface area contributed by atoms with Crippen LogP contribution in [0.25, 0.3) is 0 Å². The molecule has 0 fully saturated rings. The molecule has 0 aromatic heterocycles. The van der Waals surface area contributed by atoms with Crippen molar-refractivity contribution in [2.45, 2.75) is 32.2 Å². The molecule has 2 nitrogen and oxygen atoms in total. The Hall–Kier alpha value is -0.250. The van der Waals surface area contributed by atoms with Crippen molar-refractivity contribution in [1.29, 1.82) is 0 Å². The Morgan fingerprint density at radius 3 is 2.69 bits per heavy atom. The predicted molar refractivity (Wildman–Crippen MR) is 74.4 cm³/mol. The molecule has 92 valence electrons. The maximum Gasteiger partial charge on any atom is 0.124 e. The van der Waals surface area contributed by atoms with Crippen LogP contribution in [0.3, 0.4) is 0 Å². The zero-order valence-corrected chi connectivity index (χ0v) is 12.1. The normalized spacial score (nSPS) is 11.8. The quantitative estimate of drug-likeness (QED) is 0.890. The van der Waals surface area contributed by atoms with Gasteiger partial charge >= 0.3 is 0 Å². The summed E-state index contributed by atoms with van der Waals surface area (Å²) in [5.41, 5.74) is 7.20. The van der Waals surface area contributed by atoms with Gasteiger partial charge in [0.1, 0.15) is 5.75 Å². The third-order valence-electron chi connectivity index (χ3n) is 2.46. The lowest BCUT2D eigenvalue weighted by Gasteiger charge is -2.15. The van der Waals surface area contributed by atoms with E-state index in [2.05, 4.69) is 22.9 Å². The largest absolute Gasteiger partial charge is 0.496 e. The van der Waals surface area contributed by atoms with E-state index in [1.54, 1.807) is 7.11 Å². The van der Waals surface area contributed by atoms with Crippen molar-refractivity contribution < 1.29 is 4.74 Å². The number of methoxy groups -OCH3 is 1. The van der Waals surface area contributed by atoms with Gasteiger partial charge < -0.3 is 10.5 Å². The Morgan fingerprint density at radius 2 is 2.12 bits per heavy atom. The minimum atomic E-state index is 0. The fourth-order valence-electron chi connectivity index (χ4n) is 1.57. The Morgan fingerprint density at radius 1 is 1.44 bits per heavy atom. The molecule has 0 aliphatic rings. The second-order valence-electron chi connectivity index (χ2n) is 3.63. The van der Waals surface area contributed by atoms with Crippen molar-refractivity contribution in [2.24, 2.45) is 5.73 Å². The monoisotopic (exact) mass is 307 g/mol. The molecule has 1 aromatic carbocycles. The van der Waals surface area contributed by atoms with Gasteiger partial charge in [0.25, 0.3) is 0 Å². The number of hydrogen-bond acceptors (Lipinski definition) is 2. The molecule has 0 saturated carbocycles. The average Bonchev–Trinajstić information content (AvgIpc) is 2.25. The van der Waals surface area contributed by atoms with E-state index in [0.29, 0.717) is 0 Å². The van der Waals surface area contributed by atoms with Crippen LogP contribution < -0.4 is 10.5 Å². The van der Waals surface area contributed by atoms with Gasteiger partial charge in [0.05, 0.1) is 7.11 Å². The van der Waals surface area contributed by atoms with E-state index < -0.39 is 0 Å². The van der Waals surface area contributed by atoms with Crippen LogP contribution >= 0.6 is 28.3 Å². The summed E-state index contributed by atoms with van der Waals surface area (Å²) in [5, 5.41) is 0. The third-order valence-corrected chi connectivity index (χ3v) is 2.96. The smallest absolute Gasteiger partial charge is 0.124 e. The van der Waals surface area contributed by atoms with Gasteiger partial charge in [-0.3, -0.25) is 0 Å². The molecule has 0 heterocycles. The lowest BCUT2D eigenvalue weighted by atomic mass is 10.0. The highest BCUT2D eigenvalue weighted by molar-refractivity contribution is 9.10. The van der Waals surface area contributed by atoms with Crippen LogP contribution in [0.5, 0.6) is 5.75 Å². The summed E-state index contributed by atoms with van der Waals surface area (Å²) in [6.07, 6.45) is 3.33. The molecule has 0 unspecified atom stereocenters. The van der Waals surface area contributed by atoms with Crippen LogP contribution in [0, 0.1) is 0 Å². The van der Waals surface area contributed by atoms with Crippen molar-refractivity contribution in [2.75, 3.05) is 7.11 Å². The minimum absolute atomic E-state index is 0. The van der Waals surface area contributed by atoms with Crippen LogP contribution in [-0.2, 0) is 0 Å². The zero-order chi connectivity index (χ0) is 11.3. The lowest BCUT2D eigenvalue weighted by molar-refractivity contribution is 0.403. The summed E-state index contributed by atoms with van der Waals surface area (Å²) in [4.78, 5) is 0. The van der Waals surface area contributed by atoms with Gasteiger partial charge in [0.2, 0.25) is 0 Å². The molecule has 4 heteroatoms. The molecule has 16 heavy (non-hydrogen) atoms. The zero-order valence-electron chi connectivity index (χ0n) is 9.70. The van der Waals surface area contributed by atoms with Gasteiger partial charge in [-0.15, -0.1) is 12.4 Å². The van der Waals surface area contributed by atoms with Crippen LogP contribution in [0.2, 0.25) is 0 Å². The van der Waals surface area contributed by atoms with E-state index in [1.165, 1.54) is 6.42 Å². The maximum atomic E-state index is 6.11. The molecule has 0 bridgehead atoms. The molecule has 2 N–H and O–H groups in total. The first-order chi connectivity index (χ1) is 7.19.